The molecule has 0 aliphatic carbocycles. The summed E-state index contributed by atoms with van der Waals surface area (Å²) in [5.74, 6) is 1.10. The van der Waals surface area contributed by atoms with Gasteiger partial charge < -0.3 is 14.6 Å². The molecule has 0 saturated heterocycles. The minimum absolute atomic E-state index is 0.164. The highest BCUT2D eigenvalue weighted by molar-refractivity contribution is 5.59. The van der Waals surface area contributed by atoms with E-state index in [4.69, 9.17) is 4.74 Å². The molecule has 0 spiro atoms. The molecule has 2 aromatic heterocycles. The molecule has 28 heavy (non-hydrogen) atoms. The molecule has 0 fully saturated rings. The van der Waals surface area contributed by atoms with E-state index in [1.807, 2.05) is 23.8 Å². The summed E-state index contributed by atoms with van der Waals surface area (Å²) in [5, 5.41) is 3.45. The van der Waals surface area contributed by atoms with Gasteiger partial charge in [-0.15, -0.1) is 0 Å². The lowest BCUT2D eigenvalue weighted by atomic mass is 10.1. The molecule has 1 aromatic carbocycles. The monoisotopic (exact) mass is 385 g/mol. The van der Waals surface area contributed by atoms with Crippen LogP contribution in [0.15, 0.2) is 30.5 Å². The van der Waals surface area contributed by atoms with Crippen molar-refractivity contribution in [2.24, 2.45) is 0 Å². The number of fused-ring (bicyclic) bond motifs is 1. The molecule has 0 saturated carbocycles. The van der Waals surface area contributed by atoms with E-state index in [-0.39, 0.29) is 6.04 Å². The number of aryl methyl sites for hydroxylation is 2. The first-order chi connectivity index (χ1) is 13.5. The normalized spacial score (nSPS) is 16.1. The van der Waals surface area contributed by atoms with Gasteiger partial charge in [-0.3, -0.25) is 0 Å². The number of aromatic nitrogens is 4. The maximum absolute atomic E-state index is 14.1. The first-order valence-corrected chi connectivity index (χ1v) is 9.13. The fraction of sp³-hybridized carbons (Fsp3) is 0.350. The Morgan fingerprint density at radius 1 is 1.21 bits per heavy atom. The first kappa shape index (κ1) is 18.5. The summed E-state index contributed by atoms with van der Waals surface area (Å²) < 4.78 is 34.4. The van der Waals surface area contributed by atoms with Crippen molar-refractivity contribution in [2.75, 3.05) is 12.4 Å². The van der Waals surface area contributed by atoms with Crippen LogP contribution in [0.5, 0.6) is 0 Å². The number of methoxy groups -OCH3 is 1. The highest BCUT2D eigenvalue weighted by Crippen LogP contribution is 2.26. The second-order valence-corrected chi connectivity index (χ2v) is 6.94. The molecule has 0 amide bonds. The van der Waals surface area contributed by atoms with Crippen molar-refractivity contribution >= 4 is 5.82 Å². The van der Waals surface area contributed by atoms with Crippen LogP contribution in [0.1, 0.15) is 23.8 Å². The molecule has 146 valence electrons. The number of halogens is 2. The molecule has 0 radical (unpaired) electrons. The van der Waals surface area contributed by atoms with Crippen molar-refractivity contribution in [1.29, 1.82) is 0 Å². The van der Waals surface area contributed by atoms with Crippen LogP contribution in [-0.4, -0.2) is 32.7 Å². The molecular formula is C20H21F2N5O. The van der Waals surface area contributed by atoms with Gasteiger partial charge in [0.05, 0.1) is 5.69 Å². The fourth-order valence-electron chi connectivity index (χ4n) is 3.50. The highest BCUT2D eigenvalue weighted by atomic mass is 19.1. The highest BCUT2D eigenvalue weighted by Gasteiger charge is 2.22. The topological polar surface area (TPSA) is 64.9 Å². The van der Waals surface area contributed by atoms with E-state index in [9.17, 15) is 8.78 Å². The molecular weight excluding hydrogens is 364 g/mol. The molecule has 1 aliphatic rings. The Bertz CT molecular complexity index is 1000. The number of nitrogens with zero attached hydrogens (tertiary/aromatic N) is 4. The smallest absolute Gasteiger partial charge is 0.156 e. The maximum atomic E-state index is 14.1. The molecule has 0 bridgehead atoms. The number of ether oxygens (including phenoxy) is 1. The Labute approximate surface area is 161 Å². The van der Waals surface area contributed by atoms with E-state index < -0.39 is 11.6 Å². The lowest BCUT2D eigenvalue weighted by molar-refractivity contribution is 0.177. The van der Waals surface area contributed by atoms with Crippen molar-refractivity contribution in [1.82, 2.24) is 19.5 Å². The summed E-state index contributed by atoms with van der Waals surface area (Å²) in [7, 11) is 1.61. The van der Waals surface area contributed by atoms with Gasteiger partial charge in [0.15, 0.2) is 5.82 Å². The van der Waals surface area contributed by atoms with Crippen LogP contribution in [0.25, 0.3) is 11.3 Å². The largest absolute Gasteiger partial charge is 0.377 e. The second kappa shape index (κ2) is 7.63. The Kier molecular flexibility index (Phi) is 5.04. The number of benzene rings is 1. The predicted molar refractivity (Wildman–Crippen MR) is 101 cm³/mol. The Balaban J connectivity index is 1.52. The lowest BCUT2D eigenvalue weighted by Gasteiger charge is -2.25. The molecule has 1 aliphatic heterocycles. The van der Waals surface area contributed by atoms with Crippen LogP contribution >= 0.6 is 0 Å². The van der Waals surface area contributed by atoms with E-state index in [0.717, 1.165) is 36.2 Å². The number of anilines is 1. The molecule has 3 aromatic rings. The van der Waals surface area contributed by atoms with Crippen molar-refractivity contribution < 1.29 is 13.5 Å². The van der Waals surface area contributed by atoms with Gasteiger partial charge in [-0.1, -0.05) is 0 Å². The van der Waals surface area contributed by atoms with Gasteiger partial charge in [-0.05, 0) is 25.5 Å². The third-order valence-electron chi connectivity index (χ3n) is 4.73. The summed E-state index contributed by atoms with van der Waals surface area (Å²) in [5.41, 5.74) is 1.70. The maximum Gasteiger partial charge on any atom is 0.156 e. The molecule has 1 atom stereocenters. The second-order valence-electron chi connectivity index (χ2n) is 6.94. The molecule has 6 nitrogen and oxygen atoms in total. The van der Waals surface area contributed by atoms with E-state index in [2.05, 4.69) is 20.3 Å². The minimum atomic E-state index is -0.604. The summed E-state index contributed by atoms with van der Waals surface area (Å²) in [4.78, 5) is 13.4. The van der Waals surface area contributed by atoms with Crippen LogP contribution < -0.4 is 5.32 Å². The molecule has 1 N–H and O–H groups in total. The summed E-state index contributed by atoms with van der Waals surface area (Å²) in [6, 6.07) is 5.62. The van der Waals surface area contributed by atoms with E-state index >= 15 is 0 Å². The van der Waals surface area contributed by atoms with Gasteiger partial charge in [0, 0.05) is 55.7 Å². The fourth-order valence-corrected chi connectivity index (χ4v) is 3.50. The number of rotatable bonds is 5. The standard InChI is InChI=1S/C20H21F2N5O/c1-12-7-18(26-19(23-12)11-28-2)24-14-4-6-20-25-17(10-27(20)9-14)15-5-3-13(21)8-16(15)22/h3,5,7-8,10,14H,4,6,9,11H2,1-2H3,(H,23,24,26). The third kappa shape index (κ3) is 3.87. The van der Waals surface area contributed by atoms with Crippen LogP contribution in [0.4, 0.5) is 14.6 Å². The zero-order valence-corrected chi connectivity index (χ0v) is 15.7. The van der Waals surface area contributed by atoms with Crippen LogP contribution in [-0.2, 0) is 24.3 Å². The van der Waals surface area contributed by atoms with Gasteiger partial charge in [0.1, 0.15) is 29.9 Å². The minimum Gasteiger partial charge on any atom is -0.377 e. The van der Waals surface area contributed by atoms with Crippen LogP contribution in [0.2, 0.25) is 0 Å². The molecule has 8 heteroatoms. The van der Waals surface area contributed by atoms with Crippen LogP contribution in [0, 0.1) is 18.6 Å². The molecule has 3 heterocycles. The summed E-state index contributed by atoms with van der Waals surface area (Å²) in [6.45, 7) is 2.97. The third-order valence-corrected chi connectivity index (χ3v) is 4.73. The Hall–Kier alpha value is -2.87. The number of nitrogens with one attached hydrogen (secondary N) is 1. The van der Waals surface area contributed by atoms with Gasteiger partial charge >= 0.3 is 0 Å². The Morgan fingerprint density at radius 3 is 2.86 bits per heavy atom. The summed E-state index contributed by atoms with van der Waals surface area (Å²) in [6.07, 6.45) is 3.46. The molecule has 4 rings (SSSR count). The van der Waals surface area contributed by atoms with E-state index in [1.54, 1.807) is 7.11 Å². The first-order valence-electron chi connectivity index (χ1n) is 9.13. The molecule has 1 unspecified atom stereocenters. The average Bonchev–Trinajstić information content (AvgIpc) is 3.04. The van der Waals surface area contributed by atoms with E-state index in [1.165, 1.54) is 12.1 Å². The van der Waals surface area contributed by atoms with Crippen molar-refractivity contribution in [3.8, 4) is 11.3 Å². The predicted octanol–water partition coefficient (Wildman–Crippen LogP) is 3.50. The SMILES string of the molecule is COCc1nc(C)cc(NC2CCc3nc(-c4ccc(F)cc4F)cn3C2)n1. The van der Waals surface area contributed by atoms with Crippen molar-refractivity contribution in [3.05, 3.63) is 59.4 Å². The van der Waals surface area contributed by atoms with Crippen molar-refractivity contribution in [3.63, 3.8) is 0 Å². The van der Waals surface area contributed by atoms with Crippen LogP contribution in [0.3, 0.4) is 0 Å². The van der Waals surface area contributed by atoms with Gasteiger partial charge in [0.25, 0.3) is 0 Å². The number of imidazole rings is 1. The number of hydrogen-bond donors (Lipinski definition) is 1. The Morgan fingerprint density at radius 2 is 2.07 bits per heavy atom. The average molecular weight is 385 g/mol. The number of hydrogen-bond acceptors (Lipinski definition) is 5. The quantitative estimate of drug-likeness (QED) is 0.728. The van der Waals surface area contributed by atoms with Gasteiger partial charge in [0.2, 0.25) is 0 Å². The van der Waals surface area contributed by atoms with Gasteiger partial charge in [-0.25, -0.2) is 23.7 Å². The zero-order valence-electron chi connectivity index (χ0n) is 15.7. The summed E-state index contributed by atoms with van der Waals surface area (Å²) >= 11 is 0. The van der Waals surface area contributed by atoms with Gasteiger partial charge in [-0.2, -0.15) is 0 Å². The van der Waals surface area contributed by atoms with Crippen molar-refractivity contribution in [2.45, 2.75) is 39.0 Å². The lowest BCUT2D eigenvalue weighted by Crippen LogP contribution is -2.31. The zero-order chi connectivity index (χ0) is 19.7. The van der Waals surface area contributed by atoms with E-state index in [0.29, 0.717) is 30.2 Å².